The van der Waals surface area contributed by atoms with Gasteiger partial charge in [0.2, 0.25) is 0 Å². The standard InChI is InChI=1S/C25H30FN3O2S/c1-28(16-20-3-9-23(26)10-4-20)25-21-7-8-22(25)18-29(17-21)13-2-14-32(30,31)24-11-5-19(15-27)6-12-24/h3-6,9-12,21-22,25H,2,7-8,13-14,16-18H2,1H3. The largest absolute Gasteiger partial charge is 0.303 e. The number of nitrogens with zero attached hydrogens (tertiary/aromatic N) is 3. The lowest BCUT2D eigenvalue weighted by Gasteiger charge is -2.42. The molecule has 32 heavy (non-hydrogen) atoms. The number of likely N-dealkylation sites (tertiary alicyclic amines) is 1. The van der Waals surface area contributed by atoms with Crippen LogP contribution in [0.25, 0.3) is 0 Å². The summed E-state index contributed by atoms with van der Waals surface area (Å²) in [5.74, 6) is 1.10. The van der Waals surface area contributed by atoms with Gasteiger partial charge >= 0.3 is 0 Å². The molecule has 2 aliphatic rings. The van der Waals surface area contributed by atoms with Gasteiger partial charge in [-0.3, -0.25) is 4.90 Å². The Labute approximate surface area is 190 Å². The van der Waals surface area contributed by atoms with E-state index in [4.69, 9.17) is 5.26 Å². The maximum absolute atomic E-state index is 13.2. The minimum Gasteiger partial charge on any atom is -0.303 e. The summed E-state index contributed by atoms with van der Waals surface area (Å²) in [6, 6.07) is 15.5. The third-order valence-electron chi connectivity index (χ3n) is 6.94. The second kappa shape index (κ2) is 9.70. The van der Waals surface area contributed by atoms with E-state index in [1.165, 1.54) is 37.1 Å². The maximum atomic E-state index is 13.2. The highest BCUT2D eigenvalue weighted by Crippen LogP contribution is 2.40. The van der Waals surface area contributed by atoms with E-state index < -0.39 is 9.84 Å². The van der Waals surface area contributed by atoms with E-state index in [0.29, 0.717) is 29.9 Å². The number of piperidine rings is 1. The zero-order chi connectivity index (χ0) is 22.7. The zero-order valence-corrected chi connectivity index (χ0v) is 19.3. The first-order valence-corrected chi connectivity index (χ1v) is 12.9. The smallest absolute Gasteiger partial charge is 0.178 e. The van der Waals surface area contributed by atoms with Crippen LogP contribution in [0.5, 0.6) is 0 Å². The van der Waals surface area contributed by atoms with E-state index >= 15 is 0 Å². The molecule has 2 atom stereocenters. The lowest BCUT2D eigenvalue weighted by molar-refractivity contribution is 0.0582. The van der Waals surface area contributed by atoms with Crippen LogP contribution in [0.4, 0.5) is 4.39 Å². The van der Waals surface area contributed by atoms with Gasteiger partial charge in [-0.2, -0.15) is 5.26 Å². The Morgan fingerprint density at radius 3 is 2.28 bits per heavy atom. The molecule has 1 aliphatic heterocycles. The fraction of sp³-hybridized carbons (Fsp3) is 0.480. The van der Waals surface area contributed by atoms with Gasteiger partial charge in [-0.05, 0) is 86.7 Å². The molecule has 0 amide bonds. The van der Waals surface area contributed by atoms with E-state index in [1.807, 2.05) is 18.2 Å². The molecule has 2 fully saturated rings. The lowest BCUT2D eigenvalue weighted by atomic mass is 9.90. The molecule has 1 aliphatic carbocycles. The molecule has 0 spiro atoms. The number of hydrogen-bond acceptors (Lipinski definition) is 5. The van der Waals surface area contributed by atoms with Crippen LogP contribution in [0.1, 0.15) is 30.4 Å². The Kier molecular flexibility index (Phi) is 6.94. The number of halogens is 1. The first-order chi connectivity index (χ1) is 15.4. The third-order valence-corrected chi connectivity index (χ3v) is 8.76. The average molecular weight is 456 g/mol. The van der Waals surface area contributed by atoms with Crippen molar-refractivity contribution < 1.29 is 12.8 Å². The van der Waals surface area contributed by atoms with Crippen LogP contribution in [-0.2, 0) is 16.4 Å². The Balaban J connectivity index is 1.28. The number of nitriles is 1. The SMILES string of the molecule is CN(Cc1ccc(F)cc1)C1C2CCC1CN(CCCS(=O)(=O)c1ccc(C#N)cc1)C2. The number of sulfone groups is 1. The summed E-state index contributed by atoms with van der Waals surface area (Å²) in [5.41, 5.74) is 1.59. The van der Waals surface area contributed by atoms with Gasteiger partial charge in [-0.1, -0.05) is 12.1 Å². The summed E-state index contributed by atoms with van der Waals surface area (Å²) in [7, 11) is -1.16. The Morgan fingerprint density at radius 2 is 1.69 bits per heavy atom. The number of rotatable bonds is 8. The quantitative estimate of drug-likeness (QED) is 0.607. The van der Waals surface area contributed by atoms with Crippen LogP contribution >= 0.6 is 0 Å². The fourth-order valence-corrected chi connectivity index (χ4v) is 6.80. The van der Waals surface area contributed by atoms with Crippen molar-refractivity contribution in [2.75, 3.05) is 32.4 Å². The molecule has 2 bridgehead atoms. The number of hydrogen-bond donors (Lipinski definition) is 0. The van der Waals surface area contributed by atoms with Gasteiger partial charge in [-0.25, -0.2) is 12.8 Å². The molecule has 170 valence electrons. The molecule has 2 aromatic carbocycles. The predicted octanol–water partition coefficient (Wildman–Crippen LogP) is 3.70. The zero-order valence-electron chi connectivity index (χ0n) is 18.5. The topological polar surface area (TPSA) is 64.4 Å². The van der Waals surface area contributed by atoms with E-state index in [-0.39, 0.29) is 16.5 Å². The summed E-state index contributed by atoms with van der Waals surface area (Å²) in [6.07, 6.45) is 3.03. The molecule has 1 heterocycles. The molecule has 7 heteroatoms. The average Bonchev–Trinajstić information content (AvgIpc) is 3.06. The summed E-state index contributed by atoms with van der Waals surface area (Å²) >= 11 is 0. The van der Waals surface area contributed by atoms with Crippen LogP contribution in [0, 0.1) is 29.0 Å². The molecule has 0 aromatic heterocycles. The van der Waals surface area contributed by atoms with Crippen LogP contribution in [0.3, 0.4) is 0 Å². The van der Waals surface area contributed by atoms with Crippen LogP contribution in [0.15, 0.2) is 53.4 Å². The molecule has 2 aromatic rings. The van der Waals surface area contributed by atoms with Crippen molar-refractivity contribution in [3.63, 3.8) is 0 Å². The molecular weight excluding hydrogens is 425 g/mol. The molecule has 1 saturated heterocycles. The normalized spacial score (nSPS) is 23.4. The molecule has 1 saturated carbocycles. The minimum absolute atomic E-state index is 0.124. The van der Waals surface area contributed by atoms with E-state index in [2.05, 4.69) is 16.8 Å². The molecule has 0 radical (unpaired) electrons. The monoisotopic (exact) mass is 455 g/mol. The summed E-state index contributed by atoms with van der Waals surface area (Å²) in [5, 5.41) is 8.88. The van der Waals surface area contributed by atoms with Gasteiger partial charge in [0.25, 0.3) is 0 Å². The number of benzene rings is 2. The van der Waals surface area contributed by atoms with Crippen molar-refractivity contribution >= 4 is 9.84 Å². The van der Waals surface area contributed by atoms with Gasteiger partial charge in [0.1, 0.15) is 5.82 Å². The van der Waals surface area contributed by atoms with E-state index in [9.17, 15) is 12.8 Å². The first kappa shape index (κ1) is 22.9. The van der Waals surface area contributed by atoms with Crippen LogP contribution < -0.4 is 0 Å². The summed E-state index contributed by atoms with van der Waals surface area (Å²) in [4.78, 5) is 5.14. The van der Waals surface area contributed by atoms with Crippen molar-refractivity contribution in [3.05, 3.63) is 65.5 Å². The molecule has 2 unspecified atom stereocenters. The van der Waals surface area contributed by atoms with Crippen LogP contribution in [0.2, 0.25) is 0 Å². The second-order valence-electron chi connectivity index (χ2n) is 9.20. The number of fused-ring (bicyclic) bond motifs is 2. The van der Waals surface area contributed by atoms with E-state index in [1.54, 1.807) is 12.1 Å². The van der Waals surface area contributed by atoms with Gasteiger partial charge in [0.05, 0.1) is 22.3 Å². The molecule has 4 rings (SSSR count). The molecule has 0 N–H and O–H groups in total. The maximum Gasteiger partial charge on any atom is 0.178 e. The highest BCUT2D eigenvalue weighted by atomic mass is 32.2. The first-order valence-electron chi connectivity index (χ1n) is 11.3. The second-order valence-corrected chi connectivity index (χ2v) is 11.3. The lowest BCUT2D eigenvalue weighted by Crippen LogP contribution is -2.51. The highest BCUT2D eigenvalue weighted by molar-refractivity contribution is 7.91. The Bertz CT molecular complexity index is 1050. The molecule has 5 nitrogen and oxygen atoms in total. The van der Waals surface area contributed by atoms with Crippen molar-refractivity contribution in [1.82, 2.24) is 9.80 Å². The summed E-state index contributed by atoms with van der Waals surface area (Å²) < 4.78 is 38.4. The van der Waals surface area contributed by atoms with Crippen LogP contribution in [-0.4, -0.2) is 56.7 Å². The van der Waals surface area contributed by atoms with Crippen molar-refractivity contribution in [2.45, 2.75) is 36.7 Å². The van der Waals surface area contributed by atoms with E-state index in [0.717, 1.165) is 31.7 Å². The predicted molar refractivity (Wildman–Crippen MR) is 122 cm³/mol. The Morgan fingerprint density at radius 1 is 1.06 bits per heavy atom. The molecular formula is C25H30FN3O2S. The van der Waals surface area contributed by atoms with Crippen molar-refractivity contribution in [1.29, 1.82) is 5.26 Å². The minimum atomic E-state index is -3.33. The van der Waals surface area contributed by atoms with Crippen molar-refractivity contribution in [3.8, 4) is 6.07 Å². The highest BCUT2D eigenvalue weighted by Gasteiger charge is 2.43. The van der Waals surface area contributed by atoms with Gasteiger partial charge in [0.15, 0.2) is 9.84 Å². The summed E-state index contributed by atoms with van der Waals surface area (Å²) in [6.45, 7) is 3.62. The Hall–Kier alpha value is -2.27. The van der Waals surface area contributed by atoms with Crippen molar-refractivity contribution in [2.24, 2.45) is 11.8 Å². The third kappa shape index (κ3) is 5.20. The van der Waals surface area contributed by atoms with Gasteiger partial charge in [-0.15, -0.1) is 0 Å². The van der Waals surface area contributed by atoms with Gasteiger partial charge in [0, 0.05) is 25.7 Å². The van der Waals surface area contributed by atoms with Gasteiger partial charge < -0.3 is 4.90 Å². The fourth-order valence-electron chi connectivity index (χ4n) is 5.51.